The Bertz CT molecular complexity index is 947. The van der Waals surface area contributed by atoms with Gasteiger partial charge in [-0.15, -0.1) is 0 Å². The van der Waals surface area contributed by atoms with Crippen LogP contribution in [0.3, 0.4) is 0 Å². The molecule has 5 aliphatic carbocycles. The van der Waals surface area contributed by atoms with Crippen molar-refractivity contribution in [3.05, 3.63) is 0 Å². The lowest BCUT2D eigenvalue weighted by molar-refractivity contribution is -0.308. The number of fused-ring (bicyclic) bond motifs is 4. The second-order valence-electron chi connectivity index (χ2n) is 16.4. The van der Waals surface area contributed by atoms with Gasteiger partial charge in [0.25, 0.3) is 0 Å². The number of aliphatic hydroxyl groups is 4. The topological polar surface area (TPSA) is 90.2 Å². The summed E-state index contributed by atoms with van der Waals surface area (Å²) in [7, 11) is 0. The second-order valence-corrected chi connectivity index (χ2v) is 16.4. The average molecular weight is 505 g/mol. The molecule has 6 aliphatic rings. The quantitative estimate of drug-likeness (QED) is 0.377. The van der Waals surface area contributed by atoms with E-state index in [-0.39, 0.29) is 45.0 Å². The number of rotatable bonds is 0. The summed E-state index contributed by atoms with van der Waals surface area (Å²) in [6, 6.07) is 0. The highest BCUT2D eigenvalue weighted by molar-refractivity contribution is 5.30. The Balaban J connectivity index is 1.49. The van der Waals surface area contributed by atoms with Crippen molar-refractivity contribution in [2.45, 2.75) is 137 Å². The highest BCUT2D eigenvalue weighted by atomic mass is 16.6. The van der Waals surface area contributed by atoms with Gasteiger partial charge in [-0.1, -0.05) is 55.4 Å². The van der Waals surface area contributed by atoms with Crippen molar-refractivity contribution in [1.82, 2.24) is 0 Å². The van der Waals surface area contributed by atoms with Gasteiger partial charge in [-0.3, -0.25) is 0 Å². The van der Waals surface area contributed by atoms with Crippen LogP contribution in [0.15, 0.2) is 0 Å². The summed E-state index contributed by atoms with van der Waals surface area (Å²) in [5, 5.41) is 46.3. The zero-order valence-corrected chi connectivity index (χ0v) is 24.0. The molecule has 1 heterocycles. The molecule has 0 aromatic rings. The molecule has 13 atom stereocenters. The van der Waals surface area contributed by atoms with Crippen LogP contribution in [-0.2, 0) is 4.74 Å². The monoisotopic (exact) mass is 504 g/mol. The van der Waals surface area contributed by atoms with Crippen LogP contribution in [0.5, 0.6) is 0 Å². The lowest BCUT2D eigenvalue weighted by Gasteiger charge is -2.75. The lowest BCUT2D eigenvalue weighted by Crippen LogP contribution is -2.76. The summed E-state index contributed by atoms with van der Waals surface area (Å²) >= 11 is 0. The standard InChI is InChI=1S/C31H52O5/c1-17-23(34)31-20(15-25(17,2)3)30(36-24(31)35)14-10-19-27(6)12-11-21(32)26(4,5)18(27)9-13-28(19,7)29(30,8)16-22(31)33/h17-24,32-35H,9-16H2,1-8H3/t17-,18?,19?,20?,21-,22+,23-,24-,27-,28+,29-,30-,31+/m0/s1. The molecule has 3 unspecified atom stereocenters. The molecule has 0 aromatic heterocycles. The van der Waals surface area contributed by atoms with E-state index in [1.54, 1.807) is 0 Å². The van der Waals surface area contributed by atoms with Crippen LogP contribution < -0.4 is 0 Å². The lowest BCUT2D eigenvalue weighted by atomic mass is 9.30. The number of ether oxygens (including phenoxy) is 1. The fourth-order valence-electron chi connectivity index (χ4n) is 12.5. The zero-order chi connectivity index (χ0) is 26.5. The van der Waals surface area contributed by atoms with Crippen LogP contribution in [0.2, 0.25) is 0 Å². The van der Waals surface area contributed by atoms with E-state index in [9.17, 15) is 20.4 Å². The minimum atomic E-state index is -1.14. The molecule has 36 heavy (non-hydrogen) atoms. The molecular formula is C31H52O5. The second kappa shape index (κ2) is 7.11. The van der Waals surface area contributed by atoms with Crippen molar-refractivity contribution >= 4 is 0 Å². The first-order valence-electron chi connectivity index (χ1n) is 14.9. The van der Waals surface area contributed by atoms with Gasteiger partial charge in [0.05, 0.1) is 29.3 Å². The number of hydrogen-bond donors (Lipinski definition) is 4. The van der Waals surface area contributed by atoms with Crippen LogP contribution in [0, 0.1) is 56.2 Å². The largest absolute Gasteiger partial charge is 0.393 e. The van der Waals surface area contributed by atoms with E-state index in [4.69, 9.17) is 4.74 Å². The Morgan fingerprint density at radius 1 is 0.694 bits per heavy atom. The molecule has 0 radical (unpaired) electrons. The van der Waals surface area contributed by atoms with Gasteiger partial charge in [-0.25, -0.2) is 0 Å². The maximum absolute atomic E-state index is 12.0. The van der Waals surface area contributed by atoms with Crippen LogP contribution in [0.1, 0.15) is 107 Å². The number of aliphatic hydroxyl groups excluding tert-OH is 4. The Kier molecular flexibility index (Phi) is 5.14. The van der Waals surface area contributed by atoms with Crippen molar-refractivity contribution in [1.29, 1.82) is 0 Å². The molecule has 6 fully saturated rings. The average Bonchev–Trinajstić information content (AvgIpc) is 2.97. The summed E-state index contributed by atoms with van der Waals surface area (Å²) in [5.74, 6) is 0.859. The van der Waals surface area contributed by atoms with Crippen molar-refractivity contribution in [2.24, 2.45) is 56.2 Å². The molecule has 206 valence electrons. The smallest absolute Gasteiger partial charge is 0.166 e. The van der Waals surface area contributed by atoms with E-state index in [0.717, 1.165) is 44.9 Å². The van der Waals surface area contributed by atoms with E-state index in [2.05, 4.69) is 55.4 Å². The van der Waals surface area contributed by atoms with E-state index in [0.29, 0.717) is 18.3 Å². The van der Waals surface area contributed by atoms with Crippen LogP contribution >= 0.6 is 0 Å². The van der Waals surface area contributed by atoms with Crippen molar-refractivity contribution in [3.8, 4) is 0 Å². The van der Waals surface area contributed by atoms with Gasteiger partial charge < -0.3 is 25.2 Å². The van der Waals surface area contributed by atoms with Gasteiger partial charge in [0.1, 0.15) is 0 Å². The Morgan fingerprint density at radius 2 is 1.33 bits per heavy atom. The highest BCUT2D eigenvalue weighted by Gasteiger charge is 2.84. The number of hydrogen-bond acceptors (Lipinski definition) is 5. The predicted octanol–water partition coefficient (Wildman–Crippen LogP) is 4.89. The maximum atomic E-state index is 12.0. The molecular weight excluding hydrogens is 452 g/mol. The molecule has 5 nitrogen and oxygen atoms in total. The normalized spacial score (nSPS) is 63.0. The predicted molar refractivity (Wildman–Crippen MR) is 139 cm³/mol. The molecule has 0 aromatic carbocycles. The van der Waals surface area contributed by atoms with Gasteiger partial charge in [-0.05, 0) is 90.8 Å². The summed E-state index contributed by atoms with van der Waals surface area (Å²) in [6.45, 7) is 18.4. The van der Waals surface area contributed by atoms with E-state index < -0.39 is 29.5 Å². The van der Waals surface area contributed by atoms with E-state index in [1.807, 2.05) is 0 Å². The molecule has 2 bridgehead atoms. The first-order valence-corrected chi connectivity index (χ1v) is 14.9. The molecule has 1 aliphatic heterocycles. The third kappa shape index (κ3) is 2.49. The highest BCUT2D eigenvalue weighted by Crippen LogP contribution is 2.81. The molecule has 1 spiro atoms. The minimum Gasteiger partial charge on any atom is -0.393 e. The first kappa shape index (κ1) is 26.0. The summed E-state index contributed by atoms with van der Waals surface area (Å²) in [4.78, 5) is 0. The molecule has 1 saturated heterocycles. The van der Waals surface area contributed by atoms with Crippen LogP contribution in [-0.4, -0.2) is 50.6 Å². The third-order valence-corrected chi connectivity index (χ3v) is 15.1. The van der Waals surface area contributed by atoms with E-state index in [1.165, 1.54) is 0 Å². The zero-order valence-electron chi connectivity index (χ0n) is 24.0. The van der Waals surface area contributed by atoms with Gasteiger partial charge in [0.2, 0.25) is 0 Å². The van der Waals surface area contributed by atoms with Crippen molar-refractivity contribution in [3.63, 3.8) is 0 Å². The molecule has 6 rings (SSSR count). The SMILES string of the molecule is C[C@H]1[C@H](O)[C@@]23C(CC1(C)C)[C@]1(CCC4[C@@]5(C)CC[C@H](O)C(C)(C)C5CC[C@@]4(C)[C@]1(C)C[C@H]2O)O[C@@H]3O. The molecule has 5 heteroatoms. The first-order chi connectivity index (χ1) is 16.5. The molecule has 4 N–H and O–H groups in total. The van der Waals surface area contributed by atoms with Gasteiger partial charge in [0, 0.05) is 11.3 Å². The van der Waals surface area contributed by atoms with Crippen molar-refractivity contribution in [2.75, 3.05) is 0 Å². The Hall–Kier alpha value is -0.200. The fourth-order valence-corrected chi connectivity index (χ4v) is 12.5. The fraction of sp³-hybridized carbons (Fsp3) is 1.00. The molecule has 0 amide bonds. The minimum absolute atomic E-state index is 0.0293. The molecule has 5 saturated carbocycles. The Morgan fingerprint density at radius 3 is 2.00 bits per heavy atom. The summed E-state index contributed by atoms with van der Waals surface area (Å²) in [5.41, 5.74) is -1.96. The van der Waals surface area contributed by atoms with Crippen molar-refractivity contribution < 1.29 is 25.2 Å². The van der Waals surface area contributed by atoms with Crippen LogP contribution in [0.4, 0.5) is 0 Å². The Labute approximate surface area is 218 Å². The van der Waals surface area contributed by atoms with Crippen LogP contribution in [0.25, 0.3) is 0 Å². The maximum Gasteiger partial charge on any atom is 0.166 e. The van der Waals surface area contributed by atoms with Gasteiger partial charge in [0.15, 0.2) is 6.29 Å². The third-order valence-electron chi connectivity index (χ3n) is 15.1. The van der Waals surface area contributed by atoms with Gasteiger partial charge in [-0.2, -0.15) is 0 Å². The summed E-state index contributed by atoms with van der Waals surface area (Å²) in [6.07, 6.45) is 4.43. The van der Waals surface area contributed by atoms with Gasteiger partial charge >= 0.3 is 0 Å². The van der Waals surface area contributed by atoms with E-state index >= 15 is 0 Å². The summed E-state index contributed by atoms with van der Waals surface area (Å²) < 4.78 is 6.84.